The molecular formula is C20H24N2O7. The van der Waals surface area contributed by atoms with Gasteiger partial charge >= 0.3 is 17.6 Å². The number of hydrogen-bond donors (Lipinski definition) is 2. The normalized spacial score (nSPS) is 11.6. The predicted octanol–water partition coefficient (Wildman–Crippen LogP) is 1.82. The van der Waals surface area contributed by atoms with E-state index in [2.05, 4.69) is 10.6 Å². The topological polar surface area (TPSA) is 124 Å². The lowest BCUT2D eigenvalue weighted by Crippen LogP contribution is -2.44. The number of esters is 1. The van der Waals surface area contributed by atoms with Crippen molar-refractivity contribution in [1.82, 2.24) is 10.6 Å². The monoisotopic (exact) mass is 404 g/mol. The number of methoxy groups -OCH3 is 1. The van der Waals surface area contributed by atoms with E-state index >= 15 is 0 Å². The zero-order valence-electron chi connectivity index (χ0n) is 16.8. The summed E-state index contributed by atoms with van der Waals surface area (Å²) in [7, 11) is 1.52. The molecule has 0 spiro atoms. The maximum atomic E-state index is 12.3. The van der Waals surface area contributed by atoms with Gasteiger partial charge in [0.1, 0.15) is 11.3 Å². The number of fused-ring (bicyclic) bond motifs is 1. The van der Waals surface area contributed by atoms with Crippen LogP contribution < -0.4 is 21.0 Å². The second kappa shape index (κ2) is 9.72. The van der Waals surface area contributed by atoms with Crippen LogP contribution >= 0.6 is 0 Å². The molecule has 1 heterocycles. The summed E-state index contributed by atoms with van der Waals surface area (Å²) in [5.41, 5.74) is 0.916. The average Bonchev–Trinajstić information content (AvgIpc) is 2.67. The number of carbonyl (C=O) groups excluding carboxylic acids is 3. The number of nitrogens with one attached hydrogen (secondary N) is 2. The summed E-state index contributed by atoms with van der Waals surface area (Å²) in [6, 6.07) is 4.49. The van der Waals surface area contributed by atoms with Crippen LogP contribution in [0.2, 0.25) is 0 Å². The van der Waals surface area contributed by atoms with Gasteiger partial charge in [-0.1, -0.05) is 0 Å². The van der Waals surface area contributed by atoms with Crippen molar-refractivity contribution in [3.05, 3.63) is 39.7 Å². The first-order valence-electron chi connectivity index (χ1n) is 9.15. The zero-order chi connectivity index (χ0) is 21.6. The highest BCUT2D eigenvalue weighted by molar-refractivity contribution is 5.97. The van der Waals surface area contributed by atoms with E-state index in [-0.39, 0.29) is 12.8 Å². The Morgan fingerprint density at radius 3 is 2.62 bits per heavy atom. The summed E-state index contributed by atoms with van der Waals surface area (Å²) in [6.07, 6.45) is -1.17. The van der Waals surface area contributed by atoms with Gasteiger partial charge in [0.05, 0.1) is 7.11 Å². The minimum Gasteiger partial charge on any atom is -0.497 e. The molecule has 0 aliphatic rings. The molecule has 2 aromatic rings. The molecule has 0 aliphatic carbocycles. The highest BCUT2D eigenvalue weighted by Crippen LogP contribution is 2.24. The van der Waals surface area contributed by atoms with E-state index in [9.17, 15) is 19.2 Å². The van der Waals surface area contributed by atoms with Crippen LogP contribution in [-0.2, 0) is 20.7 Å². The summed E-state index contributed by atoms with van der Waals surface area (Å²) >= 11 is 0. The fraction of sp³-hybridized carbons (Fsp3) is 0.400. The molecule has 1 unspecified atom stereocenters. The molecule has 29 heavy (non-hydrogen) atoms. The van der Waals surface area contributed by atoms with Crippen molar-refractivity contribution in [1.29, 1.82) is 0 Å². The molecule has 1 aromatic heterocycles. The Kier molecular flexibility index (Phi) is 7.35. The second-order valence-corrected chi connectivity index (χ2v) is 6.34. The number of carbonyl (C=O) groups is 3. The van der Waals surface area contributed by atoms with Gasteiger partial charge in [0.2, 0.25) is 0 Å². The van der Waals surface area contributed by atoms with Gasteiger partial charge in [0.15, 0.2) is 6.10 Å². The standard InChI is InChI=1S/C20H24N2O7/c1-5-21-20(26)22-18(24)12(3)28-17(23)9-8-15-11(2)14-7-6-13(27-4)10-16(14)29-19(15)25/h6-7,10,12H,5,8-9H2,1-4H3,(H2,21,22,24,26). The fourth-order valence-electron chi connectivity index (χ4n) is 2.75. The second-order valence-electron chi connectivity index (χ2n) is 6.34. The number of urea groups is 1. The van der Waals surface area contributed by atoms with Crippen LogP contribution in [0.4, 0.5) is 4.79 Å². The number of imide groups is 1. The first kappa shape index (κ1) is 21.9. The first-order chi connectivity index (χ1) is 13.8. The highest BCUT2D eigenvalue weighted by atomic mass is 16.5. The van der Waals surface area contributed by atoms with Gasteiger partial charge in [-0.25, -0.2) is 9.59 Å². The Balaban J connectivity index is 2.03. The lowest BCUT2D eigenvalue weighted by atomic mass is 10.0. The molecular weight excluding hydrogens is 380 g/mol. The SMILES string of the molecule is CCNC(=O)NC(=O)C(C)OC(=O)CCc1c(C)c2ccc(OC)cc2oc1=O. The molecule has 0 bridgehead atoms. The Hall–Kier alpha value is -3.36. The molecule has 3 amide bonds. The number of amides is 3. The Bertz CT molecular complexity index is 981. The van der Waals surface area contributed by atoms with Crippen LogP contribution in [0, 0.1) is 6.92 Å². The third-order valence-electron chi connectivity index (χ3n) is 4.33. The molecule has 2 rings (SSSR count). The third kappa shape index (κ3) is 5.56. The van der Waals surface area contributed by atoms with Gasteiger partial charge in [-0.15, -0.1) is 0 Å². The van der Waals surface area contributed by atoms with Crippen LogP contribution in [0.1, 0.15) is 31.4 Å². The molecule has 1 atom stereocenters. The van der Waals surface area contributed by atoms with Gasteiger partial charge in [0, 0.05) is 30.0 Å². The van der Waals surface area contributed by atoms with Crippen LogP contribution in [0.5, 0.6) is 5.75 Å². The quantitative estimate of drug-likeness (QED) is 0.533. The molecule has 1 aromatic carbocycles. The van der Waals surface area contributed by atoms with Crippen molar-refractivity contribution >= 4 is 28.9 Å². The lowest BCUT2D eigenvalue weighted by Gasteiger charge is -2.13. The van der Waals surface area contributed by atoms with E-state index in [0.29, 0.717) is 29.0 Å². The van der Waals surface area contributed by atoms with Crippen molar-refractivity contribution in [3.8, 4) is 5.75 Å². The zero-order valence-corrected chi connectivity index (χ0v) is 16.8. The number of aryl methyl sites for hydroxylation is 1. The van der Waals surface area contributed by atoms with Gasteiger partial charge in [0.25, 0.3) is 5.91 Å². The Labute approximate surface area is 167 Å². The molecule has 0 saturated carbocycles. The van der Waals surface area contributed by atoms with Gasteiger partial charge in [-0.2, -0.15) is 0 Å². The number of rotatable bonds is 7. The van der Waals surface area contributed by atoms with Crippen LogP contribution in [0.15, 0.2) is 27.4 Å². The van der Waals surface area contributed by atoms with E-state index in [1.165, 1.54) is 14.0 Å². The minimum atomic E-state index is -1.15. The van der Waals surface area contributed by atoms with E-state index in [1.807, 2.05) is 0 Å². The van der Waals surface area contributed by atoms with E-state index in [1.54, 1.807) is 32.0 Å². The highest BCUT2D eigenvalue weighted by Gasteiger charge is 2.20. The average molecular weight is 404 g/mol. The maximum absolute atomic E-state index is 12.3. The van der Waals surface area contributed by atoms with Crippen LogP contribution in [0.25, 0.3) is 11.0 Å². The molecule has 2 N–H and O–H groups in total. The summed E-state index contributed by atoms with van der Waals surface area (Å²) in [5, 5.41) is 5.21. The Morgan fingerprint density at radius 1 is 1.24 bits per heavy atom. The summed E-state index contributed by atoms with van der Waals surface area (Å²) < 4.78 is 15.5. The lowest BCUT2D eigenvalue weighted by molar-refractivity contribution is -0.154. The largest absolute Gasteiger partial charge is 0.497 e. The van der Waals surface area contributed by atoms with E-state index in [4.69, 9.17) is 13.9 Å². The Morgan fingerprint density at radius 2 is 1.97 bits per heavy atom. The van der Waals surface area contributed by atoms with Crippen molar-refractivity contribution < 1.29 is 28.3 Å². The molecule has 156 valence electrons. The summed E-state index contributed by atoms with van der Waals surface area (Å²) in [6.45, 7) is 5.19. The maximum Gasteiger partial charge on any atom is 0.339 e. The molecule has 9 heteroatoms. The van der Waals surface area contributed by atoms with Crippen molar-refractivity contribution in [2.24, 2.45) is 0 Å². The fourth-order valence-corrected chi connectivity index (χ4v) is 2.75. The smallest absolute Gasteiger partial charge is 0.339 e. The molecule has 0 fully saturated rings. The van der Waals surface area contributed by atoms with Gasteiger partial charge < -0.3 is 19.2 Å². The third-order valence-corrected chi connectivity index (χ3v) is 4.33. The number of benzene rings is 1. The number of ether oxygens (including phenoxy) is 2. The summed E-state index contributed by atoms with van der Waals surface area (Å²) in [4.78, 5) is 47.5. The summed E-state index contributed by atoms with van der Waals surface area (Å²) in [5.74, 6) is -0.840. The molecule has 0 saturated heterocycles. The van der Waals surface area contributed by atoms with Crippen molar-refractivity contribution in [2.75, 3.05) is 13.7 Å². The van der Waals surface area contributed by atoms with E-state index < -0.39 is 29.6 Å². The van der Waals surface area contributed by atoms with Crippen molar-refractivity contribution in [2.45, 2.75) is 39.7 Å². The van der Waals surface area contributed by atoms with Crippen molar-refractivity contribution in [3.63, 3.8) is 0 Å². The van der Waals surface area contributed by atoms with Crippen LogP contribution in [-0.4, -0.2) is 37.7 Å². The molecule has 0 aliphatic heterocycles. The van der Waals surface area contributed by atoms with E-state index in [0.717, 1.165) is 5.39 Å². The minimum absolute atomic E-state index is 0.0969. The first-order valence-corrected chi connectivity index (χ1v) is 9.15. The molecule has 0 radical (unpaired) electrons. The van der Waals surface area contributed by atoms with Gasteiger partial charge in [-0.3, -0.25) is 14.9 Å². The number of hydrogen-bond acceptors (Lipinski definition) is 7. The van der Waals surface area contributed by atoms with Gasteiger partial charge in [-0.05, 0) is 44.9 Å². The van der Waals surface area contributed by atoms with Crippen LogP contribution in [0.3, 0.4) is 0 Å². The predicted molar refractivity (Wildman–Crippen MR) is 105 cm³/mol. The molecule has 9 nitrogen and oxygen atoms in total.